The van der Waals surface area contributed by atoms with E-state index in [0.29, 0.717) is 0 Å². The van der Waals surface area contributed by atoms with Gasteiger partial charge in [-0.2, -0.15) is 10.2 Å². The minimum Gasteiger partial charge on any atom is -0.307 e. The van der Waals surface area contributed by atoms with Crippen molar-refractivity contribution in [2.45, 2.75) is 45.7 Å². The van der Waals surface area contributed by atoms with Crippen LogP contribution in [0.4, 0.5) is 0 Å². The van der Waals surface area contributed by atoms with Gasteiger partial charge in [0.2, 0.25) is 0 Å². The van der Waals surface area contributed by atoms with Crippen LogP contribution in [0.15, 0.2) is 12.7 Å². The van der Waals surface area contributed by atoms with Gasteiger partial charge >= 0.3 is 0 Å². The van der Waals surface area contributed by atoms with Crippen molar-refractivity contribution < 1.29 is 0 Å². The zero-order chi connectivity index (χ0) is 13.5. The first-order valence-electron chi connectivity index (χ1n) is 6.80. The lowest BCUT2D eigenvalue weighted by Crippen LogP contribution is -2.26. The summed E-state index contributed by atoms with van der Waals surface area (Å²) in [6.07, 6.45) is 6.03. The van der Waals surface area contributed by atoms with Gasteiger partial charge in [0.05, 0.1) is 6.04 Å². The van der Waals surface area contributed by atoms with E-state index in [1.54, 1.807) is 6.33 Å². The quantitative estimate of drug-likeness (QED) is 0.744. The third-order valence-electron chi connectivity index (χ3n) is 2.92. The molecule has 7 nitrogen and oxygen atoms in total. The van der Waals surface area contributed by atoms with Crippen LogP contribution in [0.25, 0.3) is 0 Å². The normalized spacial score (nSPS) is 12.7. The summed E-state index contributed by atoms with van der Waals surface area (Å²) in [5, 5.41) is 14.6. The second kappa shape index (κ2) is 6.98. The number of aromatic nitrogens is 6. The number of nitrogens with one attached hydrogen (secondary N) is 2. The van der Waals surface area contributed by atoms with Crippen molar-refractivity contribution in [2.24, 2.45) is 0 Å². The summed E-state index contributed by atoms with van der Waals surface area (Å²) in [4.78, 5) is 8.58. The predicted molar refractivity (Wildman–Crippen MR) is 71.4 cm³/mol. The highest BCUT2D eigenvalue weighted by molar-refractivity contribution is 4.99. The minimum absolute atomic E-state index is 0.0993. The van der Waals surface area contributed by atoms with Crippen molar-refractivity contribution in [1.29, 1.82) is 0 Å². The molecule has 1 unspecified atom stereocenters. The van der Waals surface area contributed by atoms with Crippen LogP contribution < -0.4 is 5.32 Å². The van der Waals surface area contributed by atoms with Crippen molar-refractivity contribution >= 4 is 0 Å². The van der Waals surface area contributed by atoms with Gasteiger partial charge in [-0.25, -0.2) is 9.97 Å². The first-order chi connectivity index (χ1) is 9.35. The second-order valence-electron chi connectivity index (χ2n) is 4.48. The number of rotatable bonds is 8. The summed E-state index contributed by atoms with van der Waals surface area (Å²) in [6, 6.07) is 0.0993. The molecule has 0 aliphatic heterocycles. The molecule has 0 radical (unpaired) electrons. The smallest absolute Gasteiger partial charge is 0.141 e. The Bertz CT molecular complexity index is 462. The zero-order valence-electron chi connectivity index (χ0n) is 11.5. The van der Waals surface area contributed by atoms with Crippen LogP contribution in [0, 0.1) is 0 Å². The standard InChI is InChI=1S/C12H21N7/c1-3-5-13-10(12-15-8-16-18-12)7-11-14-9-17-19(11)6-4-2/h8-10,13H,3-7H2,1-2H3,(H,15,16,18). The Balaban J connectivity index is 2.08. The van der Waals surface area contributed by atoms with E-state index >= 15 is 0 Å². The molecule has 104 valence electrons. The third-order valence-corrected chi connectivity index (χ3v) is 2.92. The lowest BCUT2D eigenvalue weighted by atomic mass is 10.1. The summed E-state index contributed by atoms with van der Waals surface area (Å²) in [5.41, 5.74) is 0. The SMILES string of the molecule is CCCNC(Cc1ncnn1CCC)c1ncn[nH]1. The number of nitrogens with zero attached hydrogens (tertiary/aromatic N) is 5. The summed E-state index contributed by atoms with van der Waals surface area (Å²) in [6.45, 7) is 6.11. The maximum absolute atomic E-state index is 4.34. The molecule has 0 fully saturated rings. The Morgan fingerprint density at radius 3 is 2.84 bits per heavy atom. The topological polar surface area (TPSA) is 84.3 Å². The van der Waals surface area contributed by atoms with Gasteiger partial charge in [0, 0.05) is 13.0 Å². The molecule has 0 aliphatic carbocycles. The predicted octanol–water partition coefficient (Wildman–Crippen LogP) is 1.09. The molecular formula is C12H21N7. The molecule has 0 aliphatic rings. The molecule has 0 amide bonds. The summed E-state index contributed by atoms with van der Waals surface area (Å²) < 4.78 is 1.96. The van der Waals surface area contributed by atoms with E-state index in [4.69, 9.17) is 0 Å². The fraction of sp³-hybridized carbons (Fsp3) is 0.667. The largest absolute Gasteiger partial charge is 0.307 e. The maximum Gasteiger partial charge on any atom is 0.141 e. The van der Waals surface area contributed by atoms with Crippen molar-refractivity contribution in [1.82, 2.24) is 35.3 Å². The molecule has 0 aromatic carbocycles. The van der Waals surface area contributed by atoms with E-state index in [9.17, 15) is 0 Å². The number of aromatic amines is 1. The zero-order valence-corrected chi connectivity index (χ0v) is 11.5. The molecule has 2 heterocycles. The van der Waals surface area contributed by atoms with Gasteiger partial charge in [-0.15, -0.1) is 0 Å². The lowest BCUT2D eigenvalue weighted by molar-refractivity contribution is 0.472. The van der Waals surface area contributed by atoms with Gasteiger partial charge in [-0.3, -0.25) is 9.78 Å². The molecule has 0 saturated heterocycles. The van der Waals surface area contributed by atoms with Crippen molar-refractivity contribution in [3.63, 3.8) is 0 Å². The van der Waals surface area contributed by atoms with E-state index in [0.717, 1.165) is 44.0 Å². The molecule has 2 aromatic rings. The maximum atomic E-state index is 4.34. The molecular weight excluding hydrogens is 242 g/mol. The van der Waals surface area contributed by atoms with Crippen LogP contribution in [-0.4, -0.2) is 36.5 Å². The average molecular weight is 263 g/mol. The van der Waals surface area contributed by atoms with E-state index < -0.39 is 0 Å². The number of H-pyrrole nitrogens is 1. The monoisotopic (exact) mass is 263 g/mol. The van der Waals surface area contributed by atoms with Gasteiger partial charge in [0.1, 0.15) is 24.3 Å². The number of aryl methyl sites for hydroxylation is 1. The Kier molecular flexibility index (Phi) is 5.02. The highest BCUT2D eigenvalue weighted by Gasteiger charge is 2.17. The fourth-order valence-electron chi connectivity index (χ4n) is 1.99. The molecule has 0 spiro atoms. The fourth-order valence-corrected chi connectivity index (χ4v) is 1.99. The third kappa shape index (κ3) is 3.60. The minimum atomic E-state index is 0.0993. The number of hydrogen-bond donors (Lipinski definition) is 2. The van der Waals surface area contributed by atoms with E-state index in [1.165, 1.54) is 6.33 Å². The molecule has 2 N–H and O–H groups in total. The Hall–Kier alpha value is -1.76. The molecule has 1 atom stereocenters. The van der Waals surface area contributed by atoms with Crippen molar-refractivity contribution in [3.8, 4) is 0 Å². The first kappa shape index (κ1) is 13.7. The first-order valence-corrected chi connectivity index (χ1v) is 6.80. The van der Waals surface area contributed by atoms with Gasteiger partial charge in [-0.05, 0) is 19.4 Å². The summed E-state index contributed by atoms with van der Waals surface area (Å²) in [7, 11) is 0. The summed E-state index contributed by atoms with van der Waals surface area (Å²) >= 11 is 0. The highest BCUT2D eigenvalue weighted by Crippen LogP contribution is 2.13. The Morgan fingerprint density at radius 2 is 2.16 bits per heavy atom. The van der Waals surface area contributed by atoms with Crippen LogP contribution >= 0.6 is 0 Å². The van der Waals surface area contributed by atoms with Crippen LogP contribution in [0.1, 0.15) is 44.4 Å². The molecule has 2 rings (SSSR count). The van der Waals surface area contributed by atoms with Gasteiger partial charge in [0.15, 0.2) is 0 Å². The van der Waals surface area contributed by atoms with E-state index in [1.807, 2.05) is 4.68 Å². The average Bonchev–Trinajstić information content (AvgIpc) is 3.06. The Labute approximate surface area is 112 Å². The number of hydrogen-bond acceptors (Lipinski definition) is 5. The van der Waals surface area contributed by atoms with Crippen LogP contribution in [-0.2, 0) is 13.0 Å². The van der Waals surface area contributed by atoms with E-state index in [-0.39, 0.29) is 6.04 Å². The molecule has 0 bridgehead atoms. The molecule has 2 aromatic heterocycles. The van der Waals surface area contributed by atoms with Gasteiger partial charge in [-0.1, -0.05) is 13.8 Å². The van der Waals surface area contributed by atoms with Crippen molar-refractivity contribution in [2.75, 3.05) is 6.54 Å². The van der Waals surface area contributed by atoms with E-state index in [2.05, 4.69) is 44.4 Å². The second-order valence-corrected chi connectivity index (χ2v) is 4.48. The van der Waals surface area contributed by atoms with Gasteiger partial charge in [0.25, 0.3) is 0 Å². The molecule has 7 heteroatoms. The molecule has 19 heavy (non-hydrogen) atoms. The van der Waals surface area contributed by atoms with Crippen molar-refractivity contribution in [3.05, 3.63) is 24.3 Å². The summed E-state index contributed by atoms with van der Waals surface area (Å²) in [5.74, 6) is 1.83. The van der Waals surface area contributed by atoms with Crippen LogP contribution in [0.3, 0.4) is 0 Å². The van der Waals surface area contributed by atoms with Crippen LogP contribution in [0.2, 0.25) is 0 Å². The van der Waals surface area contributed by atoms with Gasteiger partial charge < -0.3 is 5.32 Å². The highest BCUT2D eigenvalue weighted by atomic mass is 15.3. The van der Waals surface area contributed by atoms with Crippen LogP contribution in [0.5, 0.6) is 0 Å². The molecule has 0 saturated carbocycles. The lowest BCUT2D eigenvalue weighted by Gasteiger charge is -2.15. The Morgan fingerprint density at radius 1 is 1.26 bits per heavy atom.